The van der Waals surface area contributed by atoms with Gasteiger partial charge in [0.2, 0.25) is 11.9 Å². The number of anilines is 6. The van der Waals surface area contributed by atoms with Crippen molar-refractivity contribution in [3.63, 3.8) is 0 Å². The molecule has 0 saturated carbocycles. The monoisotopic (exact) mass is 773 g/mol. The van der Waals surface area contributed by atoms with Gasteiger partial charge < -0.3 is 24.8 Å². The number of hydrogen-bond acceptors (Lipinski definition) is 13. The Morgan fingerprint density at radius 3 is 2.44 bits per heavy atom. The number of urea groups is 1. The first-order valence-electron chi connectivity index (χ1n) is 18.1. The molecule has 0 aliphatic carbocycles. The maximum absolute atomic E-state index is 12.9. The van der Waals surface area contributed by atoms with Gasteiger partial charge in [0.15, 0.2) is 11.6 Å². The second-order valence-electron chi connectivity index (χ2n) is 14.0. The van der Waals surface area contributed by atoms with E-state index in [0.717, 1.165) is 74.5 Å². The van der Waals surface area contributed by atoms with Crippen molar-refractivity contribution < 1.29 is 18.9 Å². The van der Waals surface area contributed by atoms with Crippen molar-refractivity contribution in [2.24, 2.45) is 0 Å². The molecule has 284 valence electrons. The molecule has 0 spiro atoms. The summed E-state index contributed by atoms with van der Waals surface area (Å²) in [5, 5.41) is 9.92. The third kappa shape index (κ3) is 8.76. The van der Waals surface area contributed by atoms with Crippen molar-refractivity contribution >= 4 is 70.6 Å². The highest BCUT2D eigenvalue weighted by atomic mass is 35.5. The Labute approximate surface area is 319 Å². The number of rotatable bonds is 11. The fraction of sp³-hybridized carbons (Fsp3) is 0.405. The molecule has 3 amide bonds. The lowest BCUT2D eigenvalue weighted by atomic mass is 10.0. The number of carbonyl (C=O) groups excluding carboxylic acids is 2. The van der Waals surface area contributed by atoms with Gasteiger partial charge in [-0.05, 0) is 50.4 Å². The number of piperazine rings is 1. The summed E-state index contributed by atoms with van der Waals surface area (Å²) in [6.07, 6.45) is 7.23. The van der Waals surface area contributed by atoms with Crippen LogP contribution < -0.4 is 35.8 Å². The zero-order valence-electron chi connectivity index (χ0n) is 30.7. The number of imide groups is 1. The molecule has 2 aromatic carbocycles. The predicted molar refractivity (Wildman–Crippen MR) is 212 cm³/mol. The summed E-state index contributed by atoms with van der Waals surface area (Å²) in [5.41, 5.74) is 3.31. The van der Waals surface area contributed by atoms with E-state index in [1.807, 2.05) is 36.4 Å². The molecule has 0 unspecified atom stereocenters. The van der Waals surface area contributed by atoms with E-state index in [-0.39, 0.29) is 12.3 Å². The standard InChI is InChI=1S/C37H45ClN11O4P/c1-53-31-20-27(8-9-29(31)43-36-40-22-28(38)35(45-36)42-30-6-4-5-7-32(30)54(2,3)52)47-13-10-26(11-14-47)48-18-16-46(17-19-48)24-25-21-39-23-33(41-25)49-15-12-34(50)44-37(49)51/h4-9,20-23,26H,10-19,24H2,1-3H3,(H,44,50,51)(H2,40,42,43,45). The number of hydrogen-bond donors (Lipinski definition) is 3. The largest absolute Gasteiger partial charge is 0.494 e. The quantitative estimate of drug-likeness (QED) is 0.177. The molecule has 0 bridgehead atoms. The zero-order chi connectivity index (χ0) is 37.8. The second-order valence-corrected chi connectivity index (χ2v) is 17.6. The lowest BCUT2D eigenvalue weighted by Crippen LogP contribution is -2.53. The molecule has 0 atom stereocenters. The lowest BCUT2D eigenvalue weighted by Gasteiger charge is -2.43. The molecular weight excluding hydrogens is 729 g/mol. The van der Waals surface area contributed by atoms with Gasteiger partial charge in [-0.2, -0.15) is 4.98 Å². The zero-order valence-corrected chi connectivity index (χ0v) is 32.3. The molecule has 7 rings (SSSR count). The van der Waals surface area contributed by atoms with Crippen LogP contribution in [0.3, 0.4) is 0 Å². The van der Waals surface area contributed by atoms with E-state index in [0.29, 0.717) is 53.2 Å². The van der Waals surface area contributed by atoms with E-state index in [4.69, 9.17) is 16.3 Å². The van der Waals surface area contributed by atoms with Crippen LogP contribution in [0.1, 0.15) is 25.0 Å². The number of ether oxygens (including phenoxy) is 1. The first-order valence-corrected chi connectivity index (χ1v) is 21.0. The Kier molecular flexibility index (Phi) is 11.3. The van der Waals surface area contributed by atoms with Gasteiger partial charge in [-0.25, -0.2) is 14.8 Å². The van der Waals surface area contributed by atoms with E-state index in [2.05, 4.69) is 56.7 Å². The number of carbonyl (C=O) groups is 2. The molecule has 3 N–H and O–H groups in total. The molecule has 0 radical (unpaired) electrons. The van der Waals surface area contributed by atoms with E-state index in [9.17, 15) is 14.2 Å². The number of amides is 3. The van der Waals surface area contributed by atoms with Crippen LogP contribution in [0.4, 0.5) is 39.4 Å². The Morgan fingerprint density at radius 2 is 1.70 bits per heavy atom. The third-order valence-electron chi connectivity index (χ3n) is 10.1. The van der Waals surface area contributed by atoms with Crippen molar-refractivity contribution in [3.05, 3.63) is 71.8 Å². The smallest absolute Gasteiger partial charge is 0.329 e. The van der Waals surface area contributed by atoms with Crippen LogP contribution >= 0.6 is 18.7 Å². The van der Waals surface area contributed by atoms with Crippen LogP contribution in [0.2, 0.25) is 5.02 Å². The average Bonchev–Trinajstić information content (AvgIpc) is 3.16. The highest BCUT2D eigenvalue weighted by Gasteiger charge is 2.29. The Balaban J connectivity index is 0.915. The van der Waals surface area contributed by atoms with E-state index in [1.54, 1.807) is 32.8 Å². The van der Waals surface area contributed by atoms with Gasteiger partial charge in [-0.1, -0.05) is 23.7 Å². The van der Waals surface area contributed by atoms with Gasteiger partial charge in [0.1, 0.15) is 17.9 Å². The average molecular weight is 774 g/mol. The molecule has 5 heterocycles. The van der Waals surface area contributed by atoms with Crippen molar-refractivity contribution in [1.82, 2.24) is 35.1 Å². The number of para-hydroxylation sites is 1. The van der Waals surface area contributed by atoms with Crippen LogP contribution in [0.25, 0.3) is 0 Å². The number of methoxy groups -OCH3 is 1. The summed E-state index contributed by atoms with van der Waals surface area (Å²) in [4.78, 5) is 50.7. The number of nitrogens with one attached hydrogen (secondary N) is 3. The van der Waals surface area contributed by atoms with Gasteiger partial charge in [0, 0.05) is 88.1 Å². The van der Waals surface area contributed by atoms with Crippen LogP contribution in [0.15, 0.2) is 61.1 Å². The first-order chi connectivity index (χ1) is 26.0. The number of halogens is 1. The summed E-state index contributed by atoms with van der Waals surface area (Å²) in [7, 11) is -0.894. The summed E-state index contributed by atoms with van der Waals surface area (Å²) in [5.74, 6) is 1.61. The molecule has 2 aromatic heterocycles. The minimum absolute atomic E-state index is 0.250. The minimum atomic E-state index is -2.54. The summed E-state index contributed by atoms with van der Waals surface area (Å²) in [6.45, 7) is 10.1. The van der Waals surface area contributed by atoms with Crippen molar-refractivity contribution in [3.8, 4) is 5.75 Å². The Hall–Kier alpha value is -4.82. The van der Waals surface area contributed by atoms with Crippen molar-refractivity contribution in [1.29, 1.82) is 0 Å². The highest BCUT2D eigenvalue weighted by Crippen LogP contribution is 2.39. The Morgan fingerprint density at radius 1 is 0.926 bits per heavy atom. The lowest BCUT2D eigenvalue weighted by molar-refractivity contribution is -0.120. The normalized spacial score (nSPS) is 17.7. The topological polar surface area (TPSA) is 161 Å². The molecule has 15 nitrogen and oxygen atoms in total. The number of nitrogens with zero attached hydrogens (tertiary/aromatic N) is 8. The van der Waals surface area contributed by atoms with Crippen LogP contribution in [0, 0.1) is 0 Å². The third-order valence-corrected chi connectivity index (χ3v) is 11.9. The highest BCUT2D eigenvalue weighted by molar-refractivity contribution is 7.70. The second kappa shape index (κ2) is 16.3. The number of aromatic nitrogens is 4. The van der Waals surface area contributed by atoms with E-state index in [1.165, 1.54) is 11.1 Å². The van der Waals surface area contributed by atoms with E-state index < -0.39 is 13.2 Å². The molecule has 54 heavy (non-hydrogen) atoms. The molecule has 3 fully saturated rings. The summed E-state index contributed by atoms with van der Waals surface area (Å²) >= 11 is 6.47. The molecule has 3 aliphatic rings. The molecule has 4 aromatic rings. The maximum atomic E-state index is 12.9. The molecule has 3 saturated heterocycles. The number of piperidine rings is 1. The molecule has 3 aliphatic heterocycles. The van der Waals surface area contributed by atoms with Gasteiger partial charge in [-0.15, -0.1) is 0 Å². The van der Waals surface area contributed by atoms with Gasteiger partial charge >= 0.3 is 6.03 Å². The molecular formula is C37H45ClN11O4P. The van der Waals surface area contributed by atoms with Crippen LogP contribution in [-0.4, -0.2) is 114 Å². The minimum Gasteiger partial charge on any atom is -0.494 e. The SMILES string of the molecule is COc1cc(N2CCC(N3CCN(Cc4cncc(N5CCC(=O)NC5=O)n4)CC3)CC2)ccc1Nc1ncc(Cl)c(Nc2ccccc2P(C)(C)=O)n1. The van der Waals surface area contributed by atoms with Gasteiger partial charge in [-0.3, -0.25) is 29.8 Å². The first kappa shape index (κ1) is 37.5. The van der Waals surface area contributed by atoms with Crippen LogP contribution in [0.5, 0.6) is 5.75 Å². The van der Waals surface area contributed by atoms with Crippen molar-refractivity contribution in [2.75, 3.05) is 86.7 Å². The fourth-order valence-electron chi connectivity index (χ4n) is 7.18. The molecule has 17 heteroatoms. The van der Waals surface area contributed by atoms with Gasteiger partial charge in [0.25, 0.3) is 0 Å². The Bertz CT molecular complexity index is 2050. The maximum Gasteiger partial charge on any atom is 0.329 e. The predicted octanol–water partition coefficient (Wildman–Crippen LogP) is 4.90. The fourth-order valence-corrected chi connectivity index (χ4v) is 8.47. The van der Waals surface area contributed by atoms with E-state index >= 15 is 0 Å². The van der Waals surface area contributed by atoms with Crippen molar-refractivity contribution in [2.45, 2.75) is 31.8 Å². The van der Waals surface area contributed by atoms with Gasteiger partial charge in [0.05, 0.1) is 36.6 Å². The summed E-state index contributed by atoms with van der Waals surface area (Å²) < 4.78 is 18.7. The van der Waals surface area contributed by atoms with Crippen LogP contribution in [-0.2, 0) is 15.9 Å². The summed E-state index contributed by atoms with van der Waals surface area (Å²) in [6, 6.07) is 13.6. The number of benzene rings is 2.